The largest absolute Gasteiger partial charge is 0.378 e. The molecule has 0 aromatic heterocycles. The minimum atomic E-state index is 0.0131. The molecule has 106 valence electrons. The Morgan fingerprint density at radius 1 is 1.35 bits per heavy atom. The number of fused-ring (bicyclic) bond motifs is 1. The maximum absolute atomic E-state index is 12.2. The van der Waals surface area contributed by atoms with E-state index in [4.69, 9.17) is 4.74 Å². The lowest BCUT2D eigenvalue weighted by Crippen LogP contribution is -2.41. The second kappa shape index (κ2) is 5.85. The number of rotatable bonds is 2. The quantitative estimate of drug-likeness (QED) is 0.888. The van der Waals surface area contributed by atoms with Crippen LogP contribution >= 0.6 is 11.8 Å². The number of carbonyl (C=O) groups excluding carboxylic acids is 2. The highest BCUT2D eigenvalue weighted by molar-refractivity contribution is 8.00. The summed E-state index contributed by atoms with van der Waals surface area (Å²) in [6, 6.07) is 5.83. The van der Waals surface area contributed by atoms with Crippen LogP contribution < -0.4 is 5.32 Å². The molecule has 1 N–H and O–H groups in total. The highest BCUT2D eigenvalue weighted by Gasteiger charge is 2.19. The van der Waals surface area contributed by atoms with E-state index in [1.54, 1.807) is 0 Å². The molecule has 1 fully saturated rings. The van der Waals surface area contributed by atoms with E-state index in [1.807, 2.05) is 23.1 Å². The first kappa shape index (κ1) is 13.5. The van der Waals surface area contributed by atoms with Gasteiger partial charge in [0.25, 0.3) is 0 Å². The van der Waals surface area contributed by atoms with Crippen molar-refractivity contribution in [3.8, 4) is 0 Å². The summed E-state index contributed by atoms with van der Waals surface area (Å²) >= 11 is 1.53. The Kier molecular flexibility index (Phi) is 3.93. The predicted molar refractivity (Wildman–Crippen MR) is 76.9 cm³/mol. The molecule has 0 bridgehead atoms. The van der Waals surface area contributed by atoms with Crippen LogP contribution in [0.3, 0.4) is 0 Å². The SMILES string of the molecule is O=C1CSc2ccc(CC(=O)N3CCOCC3)cc2N1. The molecule has 0 atom stereocenters. The predicted octanol–water partition coefficient (Wildman–Crippen LogP) is 1.13. The molecule has 2 aliphatic heterocycles. The molecule has 3 rings (SSSR count). The highest BCUT2D eigenvalue weighted by atomic mass is 32.2. The summed E-state index contributed by atoms with van der Waals surface area (Å²) in [5, 5.41) is 2.85. The van der Waals surface area contributed by atoms with Crippen molar-refractivity contribution in [3.05, 3.63) is 23.8 Å². The molecule has 1 aromatic rings. The number of ether oxygens (including phenoxy) is 1. The Balaban J connectivity index is 1.69. The molecule has 2 aliphatic rings. The number of hydrogen-bond acceptors (Lipinski definition) is 4. The molecule has 1 aromatic carbocycles. The number of morpholine rings is 1. The number of anilines is 1. The molecule has 20 heavy (non-hydrogen) atoms. The van der Waals surface area contributed by atoms with E-state index >= 15 is 0 Å². The molecule has 0 saturated carbocycles. The molecular weight excluding hydrogens is 276 g/mol. The summed E-state index contributed by atoms with van der Waals surface area (Å²) in [6.07, 6.45) is 0.369. The lowest BCUT2D eigenvalue weighted by molar-refractivity contribution is -0.134. The van der Waals surface area contributed by atoms with E-state index in [0.29, 0.717) is 38.5 Å². The number of nitrogens with zero attached hydrogens (tertiary/aromatic N) is 1. The summed E-state index contributed by atoms with van der Waals surface area (Å²) in [5.74, 6) is 0.584. The van der Waals surface area contributed by atoms with Crippen molar-refractivity contribution in [1.29, 1.82) is 0 Å². The van der Waals surface area contributed by atoms with Gasteiger partial charge in [0.15, 0.2) is 0 Å². The Bertz CT molecular complexity index is 541. The van der Waals surface area contributed by atoms with E-state index in [9.17, 15) is 9.59 Å². The van der Waals surface area contributed by atoms with Gasteiger partial charge in [0.05, 0.1) is 31.1 Å². The molecule has 0 spiro atoms. The van der Waals surface area contributed by atoms with Crippen LogP contribution in [0, 0.1) is 0 Å². The topological polar surface area (TPSA) is 58.6 Å². The van der Waals surface area contributed by atoms with Crippen LogP contribution in [-0.4, -0.2) is 48.8 Å². The third-order valence-corrected chi connectivity index (χ3v) is 4.47. The van der Waals surface area contributed by atoms with Gasteiger partial charge < -0.3 is 15.0 Å². The van der Waals surface area contributed by atoms with Gasteiger partial charge in [-0.25, -0.2) is 0 Å². The fourth-order valence-corrected chi connectivity index (χ4v) is 3.13. The number of carbonyl (C=O) groups is 2. The Labute approximate surface area is 121 Å². The lowest BCUT2D eigenvalue weighted by Gasteiger charge is -2.27. The van der Waals surface area contributed by atoms with Crippen LogP contribution in [0.1, 0.15) is 5.56 Å². The van der Waals surface area contributed by atoms with Crippen LogP contribution in [0.25, 0.3) is 0 Å². The molecule has 2 amide bonds. The number of thioether (sulfide) groups is 1. The maximum Gasteiger partial charge on any atom is 0.234 e. The second-order valence-electron chi connectivity index (χ2n) is 4.84. The van der Waals surface area contributed by atoms with Crippen molar-refractivity contribution >= 4 is 29.3 Å². The molecular formula is C14H16N2O3S. The zero-order valence-electron chi connectivity index (χ0n) is 11.1. The first-order chi connectivity index (χ1) is 9.72. The summed E-state index contributed by atoms with van der Waals surface area (Å²) in [6.45, 7) is 2.55. The van der Waals surface area contributed by atoms with Gasteiger partial charge in [-0.3, -0.25) is 9.59 Å². The van der Waals surface area contributed by atoms with Crippen LogP contribution in [0.2, 0.25) is 0 Å². The summed E-state index contributed by atoms with van der Waals surface area (Å²) in [5.41, 5.74) is 1.75. The van der Waals surface area contributed by atoms with Gasteiger partial charge in [-0.05, 0) is 17.7 Å². The van der Waals surface area contributed by atoms with Crippen molar-refractivity contribution < 1.29 is 14.3 Å². The minimum Gasteiger partial charge on any atom is -0.378 e. The smallest absolute Gasteiger partial charge is 0.234 e. The normalized spacial score (nSPS) is 18.4. The van der Waals surface area contributed by atoms with Gasteiger partial charge in [0, 0.05) is 18.0 Å². The minimum absolute atomic E-state index is 0.0131. The zero-order valence-corrected chi connectivity index (χ0v) is 11.9. The van der Waals surface area contributed by atoms with Crippen LogP contribution in [0.5, 0.6) is 0 Å². The average molecular weight is 292 g/mol. The number of hydrogen-bond donors (Lipinski definition) is 1. The lowest BCUT2D eigenvalue weighted by atomic mass is 10.1. The monoisotopic (exact) mass is 292 g/mol. The Morgan fingerprint density at radius 3 is 2.95 bits per heavy atom. The Hall–Kier alpha value is -1.53. The maximum atomic E-state index is 12.2. The molecule has 1 saturated heterocycles. The molecule has 0 aliphatic carbocycles. The van der Waals surface area contributed by atoms with Crippen LogP contribution in [0.15, 0.2) is 23.1 Å². The summed E-state index contributed by atoms with van der Waals surface area (Å²) < 4.78 is 5.24. The van der Waals surface area contributed by atoms with Gasteiger partial charge in [0.1, 0.15) is 0 Å². The van der Waals surface area contributed by atoms with Gasteiger partial charge >= 0.3 is 0 Å². The third-order valence-electron chi connectivity index (χ3n) is 3.40. The summed E-state index contributed by atoms with van der Waals surface area (Å²) in [7, 11) is 0. The van der Waals surface area contributed by atoms with Crippen molar-refractivity contribution in [1.82, 2.24) is 4.90 Å². The van der Waals surface area contributed by atoms with E-state index in [2.05, 4.69) is 5.32 Å². The van der Waals surface area contributed by atoms with Gasteiger partial charge in [-0.2, -0.15) is 0 Å². The number of amides is 2. The number of nitrogens with one attached hydrogen (secondary N) is 1. The van der Waals surface area contributed by atoms with Gasteiger partial charge in [-0.1, -0.05) is 6.07 Å². The fourth-order valence-electron chi connectivity index (χ4n) is 2.34. The molecule has 5 nitrogen and oxygen atoms in total. The fraction of sp³-hybridized carbons (Fsp3) is 0.429. The third kappa shape index (κ3) is 2.96. The number of benzene rings is 1. The van der Waals surface area contributed by atoms with Crippen molar-refractivity contribution in [2.24, 2.45) is 0 Å². The van der Waals surface area contributed by atoms with Crippen molar-refractivity contribution in [2.45, 2.75) is 11.3 Å². The van der Waals surface area contributed by atoms with Crippen LogP contribution in [0.4, 0.5) is 5.69 Å². The van der Waals surface area contributed by atoms with E-state index in [1.165, 1.54) is 11.8 Å². The zero-order chi connectivity index (χ0) is 13.9. The van der Waals surface area contributed by atoms with E-state index in [-0.39, 0.29) is 11.8 Å². The molecule has 6 heteroatoms. The highest BCUT2D eigenvalue weighted by Crippen LogP contribution is 2.32. The standard InChI is InChI=1S/C14H16N2O3S/c17-13-9-20-12-2-1-10(7-11(12)15-13)8-14(18)16-3-5-19-6-4-16/h1-2,7H,3-6,8-9H2,(H,15,17). The first-order valence-electron chi connectivity index (χ1n) is 6.63. The summed E-state index contributed by atoms with van der Waals surface area (Å²) in [4.78, 5) is 26.5. The van der Waals surface area contributed by atoms with Gasteiger partial charge in [0.2, 0.25) is 11.8 Å². The van der Waals surface area contributed by atoms with E-state index < -0.39 is 0 Å². The van der Waals surface area contributed by atoms with Crippen molar-refractivity contribution in [3.63, 3.8) is 0 Å². The first-order valence-corrected chi connectivity index (χ1v) is 7.62. The van der Waals surface area contributed by atoms with Crippen LogP contribution in [-0.2, 0) is 20.7 Å². The Morgan fingerprint density at radius 2 is 2.15 bits per heavy atom. The molecule has 0 unspecified atom stereocenters. The molecule has 0 radical (unpaired) electrons. The molecule has 2 heterocycles. The van der Waals surface area contributed by atoms with E-state index in [0.717, 1.165) is 16.1 Å². The average Bonchev–Trinajstić information content (AvgIpc) is 2.47. The van der Waals surface area contributed by atoms with Crippen molar-refractivity contribution in [2.75, 3.05) is 37.4 Å². The van der Waals surface area contributed by atoms with Gasteiger partial charge in [-0.15, -0.1) is 11.8 Å². The second-order valence-corrected chi connectivity index (χ2v) is 5.85.